The van der Waals surface area contributed by atoms with Gasteiger partial charge in [0.05, 0.1) is 11.3 Å². The fourth-order valence-corrected chi connectivity index (χ4v) is 6.83. The molecule has 0 aromatic heterocycles. The average Bonchev–Trinajstić information content (AvgIpc) is 3.55. The second kappa shape index (κ2) is 6.42. The lowest BCUT2D eigenvalue weighted by Gasteiger charge is -2.42. The number of likely N-dealkylation sites (N-methyl/N-ethyl adjacent to an activating group) is 1. The van der Waals surface area contributed by atoms with Gasteiger partial charge in [0.2, 0.25) is 6.29 Å². The molecule has 0 N–H and O–H groups in total. The first-order valence-corrected chi connectivity index (χ1v) is 11.4. The van der Waals surface area contributed by atoms with Crippen molar-refractivity contribution in [2.45, 2.75) is 18.2 Å². The van der Waals surface area contributed by atoms with Gasteiger partial charge in [0.1, 0.15) is 0 Å². The number of carbonyl (C=O) groups excluding carboxylic acids is 3. The van der Waals surface area contributed by atoms with Gasteiger partial charge in [-0.15, -0.1) is 0 Å². The third-order valence-corrected chi connectivity index (χ3v) is 8.20. The summed E-state index contributed by atoms with van der Waals surface area (Å²) >= 11 is 0. The van der Waals surface area contributed by atoms with Crippen LogP contribution in [0.25, 0.3) is 0 Å². The van der Waals surface area contributed by atoms with Gasteiger partial charge in [0.15, 0.2) is 34.4 Å². The van der Waals surface area contributed by atoms with Gasteiger partial charge in [0.25, 0.3) is 0 Å². The monoisotopic (exact) mass is 451 g/mol. The third-order valence-electron chi connectivity index (χ3n) is 8.20. The van der Waals surface area contributed by atoms with E-state index in [0.29, 0.717) is 34.7 Å². The minimum atomic E-state index is -1.64. The number of hydrogen-bond donors (Lipinski definition) is 0. The zero-order valence-corrected chi connectivity index (χ0v) is 18.5. The van der Waals surface area contributed by atoms with Gasteiger partial charge in [-0.3, -0.25) is 19.3 Å². The Hall–Kier alpha value is -3.77. The largest absolute Gasteiger partial charge is 0.451 e. The Labute approximate surface area is 196 Å². The third kappa shape index (κ3) is 2.04. The zero-order chi connectivity index (χ0) is 23.2. The number of ketones is 3. The molecule has 0 bridgehead atoms. The molecule has 0 radical (unpaired) electrons. The molecule has 0 saturated carbocycles. The molecule has 2 aliphatic heterocycles. The normalized spacial score (nSPS) is 26.6. The van der Waals surface area contributed by atoms with Gasteiger partial charge in [-0.2, -0.15) is 0 Å². The Bertz CT molecular complexity index is 1370. The van der Waals surface area contributed by atoms with Crippen LogP contribution in [-0.2, 0) is 6.42 Å². The van der Waals surface area contributed by atoms with E-state index in [1.165, 1.54) is 0 Å². The molecule has 0 amide bonds. The Kier molecular flexibility index (Phi) is 3.72. The second-order valence-corrected chi connectivity index (χ2v) is 9.59. The molecule has 34 heavy (non-hydrogen) atoms. The number of carbonyl (C=O) groups is 3. The van der Waals surface area contributed by atoms with Gasteiger partial charge in [-0.25, -0.2) is 0 Å². The second-order valence-electron chi connectivity index (χ2n) is 9.59. The minimum absolute atomic E-state index is 0.185. The Morgan fingerprint density at radius 2 is 1.26 bits per heavy atom. The number of para-hydroxylation sites is 2. The molecule has 3 aromatic rings. The van der Waals surface area contributed by atoms with Gasteiger partial charge in [0, 0.05) is 23.2 Å². The molecule has 6 heteroatoms. The molecule has 2 unspecified atom stereocenters. The van der Waals surface area contributed by atoms with E-state index in [-0.39, 0.29) is 23.8 Å². The summed E-state index contributed by atoms with van der Waals surface area (Å²) in [4.78, 5) is 44.5. The number of Topliss-reactive ketones (excluding diaryl/α,β-unsaturated/α-hetero) is 3. The Balaban J connectivity index is 1.46. The van der Waals surface area contributed by atoms with Crippen LogP contribution >= 0.6 is 0 Å². The maximum Gasteiger partial charge on any atom is 0.246 e. The van der Waals surface area contributed by atoms with Crippen LogP contribution in [-0.4, -0.2) is 47.7 Å². The number of nitrogens with zero attached hydrogens (tertiary/aromatic N) is 1. The SMILES string of the molecule is CN1CC(C2Oc3ccccc3O2)C2(Cc3ccccc3C2=O)C12C(=O)c1ccccc1C2=O. The summed E-state index contributed by atoms with van der Waals surface area (Å²) in [5.74, 6) is -0.144. The predicted octanol–water partition coefficient (Wildman–Crippen LogP) is 3.59. The topological polar surface area (TPSA) is 72.9 Å². The van der Waals surface area contributed by atoms with Crippen molar-refractivity contribution in [2.24, 2.45) is 11.3 Å². The highest BCUT2D eigenvalue weighted by Crippen LogP contribution is 2.62. The van der Waals surface area contributed by atoms with Crippen molar-refractivity contribution in [1.29, 1.82) is 0 Å². The van der Waals surface area contributed by atoms with Gasteiger partial charge in [-0.1, -0.05) is 60.7 Å². The maximum atomic E-state index is 14.4. The predicted molar refractivity (Wildman–Crippen MR) is 122 cm³/mol. The first kappa shape index (κ1) is 19.7. The van der Waals surface area contributed by atoms with Crippen LogP contribution in [0, 0.1) is 11.3 Å². The molecule has 6 nitrogen and oxygen atoms in total. The molecule has 1 saturated heterocycles. The number of benzene rings is 3. The molecule has 4 aliphatic rings. The summed E-state index contributed by atoms with van der Waals surface area (Å²) < 4.78 is 12.4. The van der Waals surface area contributed by atoms with E-state index in [1.54, 1.807) is 42.3 Å². The molecule has 7 rings (SSSR count). The number of likely N-dealkylation sites (tertiary alicyclic amines) is 1. The standard InChI is InChI=1S/C28H21NO5/c1-29-15-20(26-33-21-12-6-7-13-22(21)34-26)27(14-16-8-2-3-9-17(16)23(27)30)28(29)24(31)18-10-4-5-11-19(18)25(28)32/h2-13,20,26H,14-15H2,1H3. The summed E-state index contributed by atoms with van der Waals surface area (Å²) in [7, 11) is 1.77. The lowest BCUT2D eigenvalue weighted by molar-refractivity contribution is -0.0404. The lowest BCUT2D eigenvalue weighted by atomic mass is 9.60. The van der Waals surface area contributed by atoms with E-state index >= 15 is 0 Å². The highest BCUT2D eigenvalue weighted by atomic mass is 16.7. The van der Waals surface area contributed by atoms with Gasteiger partial charge < -0.3 is 9.47 Å². The molecule has 2 atom stereocenters. The van der Waals surface area contributed by atoms with Crippen LogP contribution in [0.1, 0.15) is 36.6 Å². The van der Waals surface area contributed by atoms with Crippen LogP contribution in [0.3, 0.4) is 0 Å². The highest BCUT2D eigenvalue weighted by molar-refractivity contribution is 6.36. The van der Waals surface area contributed by atoms with E-state index in [0.717, 1.165) is 5.56 Å². The Morgan fingerprint density at radius 3 is 1.85 bits per heavy atom. The van der Waals surface area contributed by atoms with Crippen molar-refractivity contribution in [3.8, 4) is 11.5 Å². The van der Waals surface area contributed by atoms with Crippen molar-refractivity contribution in [2.75, 3.05) is 13.6 Å². The first-order valence-electron chi connectivity index (χ1n) is 11.4. The summed E-state index contributed by atoms with van der Waals surface area (Å²) in [6.07, 6.45) is -0.510. The highest BCUT2D eigenvalue weighted by Gasteiger charge is 2.79. The van der Waals surface area contributed by atoms with Crippen LogP contribution < -0.4 is 9.47 Å². The quantitative estimate of drug-likeness (QED) is 0.527. The summed E-state index contributed by atoms with van der Waals surface area (Å²) in [5, 5.41) is 0. The number of rotatable bonds is 1. The number of fused-ring (bicyclic) bond motifs is 4. The summed E-state index contributed by atoms with van der Waals surface area (Å²) in [6.45, 7) is 0.309. The van der Waals surface area contributed by atoms with Gasteiger partial charge in [-0.05, 0) is 31.2 Å². The fourth-order valence-electron chi connectivity index (χ4n) is 6.83. The van der Waals surface area contributed by atoms with Gasteiger partial charge >= 0.3 is 0 Å². The fraction of sp³-hybridized carbons (Fsp3) is 0.250. The molecule has 2 heterocycles. The van der Waals surface area contributed by atoms with Crippen LogP contribution in [0.15, 0.2) is 72.8 Å². The molecule has 1 fully saturated rings. The van der Waals surface area contributed by atoms with E-state index in [1.807, 2.05) is 42.5 Å². The molecule has 3 aromatic carbocycles. The molecule has 2 spiro atoms. The van der Waals surface area contributed by atoms with E-state index in [9.17, 15) is 14.4 Å². The molecule has 2 aliphatic carbocycles. The van der Waals surface area contributed by atoms with Crippen molar-refractivity contribution in [3.05, 3.63) is 95.1 Å². The van der Waals surface area contributed by atoms with Crippen molar-refractivity contribution < 1.29 is 23.9 Å². The van der Waals surface area contributed by atoms with E-state index < -0.39 is 23.2 Å². The zero-order valence-electron chi connectivity index (χ0n) is 18.5. The van der Waals surface area contributed by atoms with Crippen LogP contribution in [0.4, 0.5) is 0 Å². The van der Waals surface area contributed by atoms with Crippen molar-refractivity contribution in [3.63, 3.8) is 0 Å². The first-order chi connectivity index (χ1) is 16.5. The number of hydrogen-bond acceptors (Lipinski definition) is 6. The molecular formula is C28H21NO5. The summed E-state index contributed by atoms with van der Waals surface area (Å²) in [6, 6.07) is 21.7. The molecule has 168 valence electrons. The Morgan fingerprint density at radius 1 is 0.735 bits per heavy atom. The van der Waals surface area contributed by atoms with Crippen LogP contribution in [0.5, 0.6) is 11.5 Å². The lowest BCUT2D eigenvalue weighted by Crippen LogP contribution is -2.65. The van der Waals surface area contributed by atoms with Crippen LogP contribution in [0.2, 0.25) is 0 Å². The van der Waals surface area contributed by atoms with E-state index in [2.05, 4.69) is 0 Å². The average molecular weight is 451 g/mol. The van der Waals surface area contributed by atoms with Crippen molar-refractivity contribution >= 4 is 17.3 Å². The summed E-state index contributed by atoms with van der Waals surface area (Å²) in [5.41, 5.74) is -0.822. The smallest absolute Gasteiger partial charge is 0.246 e. The number of ether oxygens (including phenoxy) is 2. The van der Waals surface area contributed by atoms with E-state index in [4.69, 9.17) is 9.47 Å². The molecular weight excluding hydrogens is 430 g/mol. The maximum absolute atomic E-state index is 14.4. The van der Waals surface area contributed by atoms with Crippen molar-refractivity contribution in [1.82, 2.24) is 4.90 Å². The minimum Gasteiger partial charge on any atom is -0.451 e.